The van der Waals surface area contributed by atoms with E-state index in [-0.39, 0.29) is 0 Å². The topological polar surface area (TPSA) is 17.8 Å². The van der Waals surface area contributed by atoms with Crippen LogP contribution in [0.25, 0.3) is 99.3 Å². The summed E-state index contributed by atoms with van der Waals surface area (Å²) in [5.74, 6) is 0. The fourth-order valence-corrected chi connectivity index (χ4v) is 8.26. The summed E-state index contributed by atoms with van der Waals surface area (Å²) in [4.78, 5) is 4.55. The Morgan fingerprint density at radius 3 is 1.87 bits per heavy atom. The zero-order chi connectivity index (χ0) is 36.0. The van der Waals surface area contributed by atoms with Crippen molar-refractivity contribution in [3.05, 3.63) is 200 Å². The normalized spacial score (nSPS) is 12.0. The number of hydrogen-bond donors (Lipinski definition) is 0. The van der Waals surface area contributed by atoms with E-state index in [1.54, 1.807) is 0 Å². The van der Waals surface area contributed by atoms with Gasteiger partial charge in [0.2, 0.25) is 0 Å². The summed E-state index contributed by atoms with van der Waals surface area (Å²) >= 11 is 0. The van der Waals surface area contributed by atoms with Crippen LogP contribution >= 0.6 is 0 Å². The Kier molecular flexibility index (Phi) is 7.74. The van der Waals surface area contributed by atoms with Crippen molar-refractivity contribution in [2.75, 3.05) is 0 Å². The minimum Gasteiger partial charge on any atom is -0.309 e. The summed E-state index contributed by atoms with van der Waals surface area (Å²) < 4.78 is 2.34. The first kappa shape index (κ1) is 31.7. The standard InChI is InChI=1S/C52H36N2/c1-2-3-5-12-35-19-21-37(22-20-35)51-43-17-10-11-18-44(43)52(41-24-23-36-13-8-9-14-38(36)31-41)45-27-25-39(33-47(45)51)40-26-28-49-46(32-40)48-34-53-30-29-50(48)54(49)42-15-6-4-7-16-42/h2-34H,1H3/b3-2-,12-5-. The van der Waals surface area contributed by atoms with E-state index in [1.807, 2.05) is 25.4 Å². The van der Waals surface area contributed by atoms with Crippen molar-refractivity contribution in [3.8, 4) is 39.1 Å². The van der Waals surface area contributed by atoms with Crippen LogP contribution < -0.4 is 0 Å². The predicted molar refractivity (Wildman–Crippen MR) is 231 cm³/mol. The number of fused-ring (bicyclic) bond motifs is 6. The summed E-state index contributed by atoms with van der Waals surface area (Å²) in [5.41, 5.74) is 11.9. The maximum Gasteiger partial charge on any atom is 0.0571 e. The van der Waals surface area contributed by atoms with Gasteiger partial charge < -0.3 is 4.57 Å². The van der Waals surface area contributed by atoms with Crippen molar-refractivity contribution in [2.45, 2.75) is 6.92 Å². The molecule has 0 radical (unpaired) electrons. The highest BCUT2D eigenvalue weighted by Crippen LogP contribution is 2.46. The van der Waals surface area contributed by atoms with E-state index >= 15 is 0 Å². The molecule has 0 N–H and O–H groups in total. The molecule has 0 bridgehead atoms. The molecule has 2 aromatic heterocycles. The number of pyridine rings is 1. The maximum absolute atomic E-state index is 4.55. The average Bonchev–Trinajstić information content (AvgIpc) is 3.57. The van der Waals surface area contributed by atoms with E-state index in [0.29, 0.717) is 0 Å². The smallest absolute Gasteiger partial charge is 0.0571 e. The van der Waals surface area contributed by atoms with Crippen LogP contribution in [0.15, 0.2) is 194 Å². The molecule has 54 heavy (non-hydrogen) atoms. The molecule has 254 valence electrons. The molecule has 2 heteroatoms. The molecule has 2 heterocycles. The van der Waals surface area contributed by atoms with E-state index in [2.05, 4.69) is 192 Å². The Hall–Kier alpha value is -7.03. The van der Waals surface area contributed by atoms with Crippen LogP contribution in [0.3, 0.4) is 0 Å². The van der Waals surface area contributed by atoms with Crippen LogP contribution in [0.4, 0.5) is 0 Å². The third-order valence-electron chi connectivity index (χ3n) is 10.8. The molecule has 0 saturated carbocycles. The van der Waals surface area contributed by atoms with Gasteiger partial charge in [-0.05, 0) is 121 Å². The van der Waals surface area contributed by atoms with Crippen LogP contribution in [0, 0.1) is 0 Å². The highest BCUT2D eigenvalue weighted by atomic mass is 15.0. The molecule has 10 rings (SSSR count). The van der Waals surface area contributed by atoms with Gasteiger partial charge in [-0.1, -0.05) is 146 Å². The number of benzene rings is 8. The summed E-state index contributed by atoms with van der Waals surface area (Å²) in [6.07, 6.45) is 12.2. The van der Waals surface area contributed by atoms with E-state index < -0.39 is 0 Å². The van der Waals surface area contributed by atoms with Gasteiger partial charge >= 0.3 is 0 Å². The quantitative estimate of drug-likeness (QED) is 0.126. The highest BCUT2D eigenvalue weighted by Gasteiger charge is 2.19. The molecule has 8 aromatic carbocycles. The van der Waals surface area contributed by atoms with Crippen molar-refractivity contribution in [1.82, 2.24) is 9.55 Å². The highest BCUT2D eigenvalue weighted by molar-refractivity contribution is 6.22. The molecule has 0 saturated heterocycles. The molecule has 0 fully saturated rings. The molecule has 10 aromatic rings. The molecular weight excluding hydrogens is 653 g/mol. The lowest BCUT2D eigenvalue weighted by Crippen LogP contribution is -1.93. The van der Waals surface area contributed by atoms with Crippen LogP contribution in [-0.4, -0.2) is 9.55 Å². The summed E-state index contributed by atoms with van der Waals surface area (Å²) in [7, 11) is 0. The molecule has 0 aliphatic heterocycles. The van der Waals surface area contributed by atoms with Gasteiger partial charge in [0, 0.05) is 28.9 Å². The average molecular weight is 689 g/mol. The first-order chi connectivity index (χ1) is 26.7. The first-order valence-corrected chi connectivity index (χ1v) is 18.6. The van der Waals surface area contributed by atoms with Gasteiger partial charge in [0.05, 0.1) is 11.0 Å². The molecule has 0 amide bonds. The second kappa shape index (κ2) is 13.2. The molecule has 0 aliphatic rings. The third kappa shape index (κ3) is 5.31. The predicted octanol–water partition coefficient (Wildman–Crippen LogP) is 14.2. The lowest BCUT2D eigenvalue weighted by atomic mass is 9.84. The lowest BCUT2D eigenvalue weighted by Gasteiger charge is -2.19. The zero-order valence-electron chi connectivity index (χ0n) is 29.9. The van der Waals surface area contributed by atoms with Crippen molar-refractivity contribution in [3.63, 3.8) is 0 Å². The van der Waals surface area contributed by atoms with Gasteiger partial charge in [-0.3, -0.25) is 4.98 Å². The fourth-order valence-electron chi connectivity index (χ4n) is 8.26. The summed E-state index contributed by atoms with van der Waals surface area (Å²) in [6.45, 7) is 2.04. The van der Waals surface area contributed by atoms with E-state index in [1.165, 1.54) is 82.2 Å². The van der Waals surface area contributed by atoms with Gasteiger partial charge in [0.1, 0.15) is 0 Å². The second-order valence-corrected chi connectivity index (χ2v) is 13.9. The minimum atomic E-state index is 1.14. The van der Waals surface area contributed by atoms with Crippen LogP contribution in [0.1, 0.15) is 12.5 Å². The van der Waals surface area contributed by atoms with Gasteiger partial charge in [-0.2, -0.15) is 0 Å². The third-order valence-corrected chi connectivity index (χ3v) is 10.8. The van der Waals surface area contributed by atoms with Gasteiger partial charge in [-0.25, -0.2) is 0 Å². The number of rotatable bonds is 6. The maximum atomic E-state index is 4.55. The van der Waals surface area contributed by atoms with Crippen LogP contribution in [0.2, 0.25) is 0 Å². The Morgan fingerprint density at radius 2 is 1.07 bits per heavy atom. The van der Waals surface area contributed by atoms with Crippen LogP contribution in [0.5, 0.6) is 0 Å². The fraction of sp³-hybridized carbons (Fsp3) is 0.0192. The second-order valence-electron chi connectivity index (χ2n) is 13.9. The molecule has 2 nitrogen and oxygen atoms in total. The SMILES string of the molecule is C/C=C\C=C/c1ccc(-c2c3ccccc3c(-c3ccc4ccccc4c3)c3ccc(-c4ccc5c(c4)c4cnccc4n5-c4ccccc4)cc23)cc1. The Morgan fingerprint density at radius 1 is 0.444 bits per heavy atom. The number of nitrogens with zero attached hydrogens (tertiary/aromatic N) is 2. The molecule has 0 unspecified atom stereocenters. The number of hydrogen-bond acceptors (Lipinski definition) is 1. The van der Waals surface area contributed by atoms with Crippen molar-refractivity contribution >= 4 is 60.2 Å². The van der Waals surface area contributed by atoms with Gasteiger partial charge in [0.15, 0.2) is 0 Å². The van der Waals surface area contributed by atoms with E-state index in [9.17, 15) is 0 Å². The molecule has 0 aliphatic carbocycles. The van der Waals surface area contributed by atoms with E-state index in [4.69, 9.17) is 0 Å². The van der Waals surface area contributed by atoms with Gasteiger partial charge in [-0.15, -0.1) is 0 Å². The lowest BCUT2D eigenvalue weighted by molar-refractivity contribution is 1.17. The number of allylic oxidation sites excluding steroid dienone is 3. The Bertz CT molecular complexity index is 3090. The Labute approximate surface area is 314 Å². The molecular formula is C52H36N2. The first-order valence-electron chi connectivity index (χ1n) is 18.6. The monoisotopic (exact) mass is 688 g/mol. The minimum absolute atomic E-state index is 1.14. The van der Waals surface area contributed by atoms with Crippen molar-refractivity contribution in [2.24, 2.45) is 0 Å². The largest absolute Gasteiger partial charge is 0.309 e. The summed E-state index contributed by atoms with van der Waals surface area (Å²) in [6, 6.07) is 60.1. The van der Waals surface area contributed by atoms with Crippen LogP contribution in [-0.2, 0) is 0 Å². The van der Waals surface area contributed by atoms with Crippen molar-refractivity contribution < 1.29 is 0 Å². The Balaban J connectivity index is 1.23. The summed E-state index contributed by atoms with van der Waals surface area (Å²) in [5, 5.41) is 9.80. The molecule has 0 spiro atoms. The van der Waals surface area contributed by atoms with Crippen molar-refractivity contribution in [1.29, 1.82) is 0 Å². The van der Waals surface area contributed by atoms with Gasteiger partial charge in [0.25, 0.3) is 0 Å². The number of aromatic nitrogens is 2. The molecule has 0 atom stereocenters. The van der Waals surface area contributed by atoms with E-state index in [0.717, 1.165) is 16.6 Å². The zero-order valence-corrected chi connectivity index (χ0v) is 29.9. The number of para-hydroxylation sites is 1.